The number of ketones is 1. The van der Waals surface area contributed by atoms with Gasteiger partial charge in [-0.15, -0.1) is 11.6 Å². The Morgan fingerprint density at radius 2 is 1.42 bits per heavy atom. The summed E-state index contributed by atoms with van der Waals surface area (Å²) < 4.78 is 18.4. The number of anilines is 1. The van der Waals surface area contributed by atoms with Gasteiger partial charge in [-0.3, -0.25) is 14.4 Å². The Kier molecular flexibility index (Phi) is 18.3. The highest BCUT2D eigenvalue weighted by atomic mass is 35.5. The molecular weight excluding hydrogens is 694 g/mol. The van der Waals surface area contributed by atoms with E-state index in [1.165, 1.54) is 64.0 Å². The molecule has 9 nitrogen and oxygen atoms in total. The number of carbonyl (C=O) groups excluding carboxylic acids is 3. The molecule has 0 aliphatic heterocycles. The van der Waals surface area contributed by atoms with Crippen LogP contribution in [0.4, 0.5) is 5.69 Å². The Bertz CT molecular complexity index is 1520. The van der Waals surface area contributed by atoms with Gasteiger partial charge < -0.3 is 24.6 Å². The van der Waals surface area contributed by atoms with Crippen molar-refractivity contribution in [3.05, 3.63) is 47.0 Å². The number of carboxylic acid groups (broad SMARTS) is 1. The van der Waals surface area contributed by atoms with Gasteiger partial charge in [0.15, 0.2) is 11.2 Å². The number of Topliss-reactive ketones (excluding diaryl/α,β-unsaturated/α-hetero) is 1. The molecular formula is C43H64ClNO8. The van der Waals surface area contributed by atoms with Crippen LogP contribution < -0.4 is 19.5 Å². The minimum Gasteiger partial charge on any atom is -0.490 e. The van der Waals surface area contributed by atoms with Crippen molar-refractivity contribution in [2.24, 2.45) is 5.41 Å². The minimum absolute atomic E-state index is 0.0177. The number of hydrogen-bond acceptors (Lipinski definition) is 7. The third-order valence-electron chi connectivity index (χ3n) is 8.93. The molecule has 2 atom stereocenters. The zero-order valence-electron chi connectivity index (χ0n) is 33.8. The van der Waals surface area contributed by atoms with Gasteiger partial charge in [0.1, 0.15) is 23.4 Å². The average Bonchev–Trinajstić information content (AvgIpc) is 3.05. The van der Waals surface area contributed by atoms with E-state index >= 15 is 0 Å². The zero-order valence-corrected chi connectivity index (χ0v) is 34.5. The molecule has 2 N–H and O–H groups in total. The molecule has 296 valence electrons. The first-order chi connectivity index (χ1) is 24.8. The topological polar surface area (TPSA) is 128 Å². The van der Waals surface area contributed by atoms with Crippen molar-refractivity contribution in [2.75, 3.05) is 5.32 Å². The van der Waals surface area contributed by atoms with Gasteiger partial charge in [0.2, 0.25) is 5.91 Å². The summed E-state index contributed by atoms with van der Waals surface area (Å²) in [5, 5.41) is 11.6. The number of ether oxygens (including phenoxy) is 3. The Hall–Kier alpha value is -3.59. The quantitative estimate of drug-likeness (QED) is 0.0399. The number of nitrogens with one attached hydrogen (secondary N) is 1. The van der Waals surface area contributed by atoms with E-state index in [1.54, 1.807) is 32.9 Å². The first kappa shape index (κ1) is 45.6. The van der Waals surface area contributed by atoms with Crippen LogP contribution in [0.2, 0.25) is 0 Å². The number of rotatable bonds is 22. The van der Waals surface area contributed by atoms with Crippen molar-refractivity contribution in [1.82, 2.24) is 0 Å². The number of carboxylic acids is 1. The van der Waals surface area contributed by atoms with Gasteiger partial charge >= 0.3 is 11.9 Å². The first-order valence-electron chi connectivity index (χ1n) is 19.3. The zero-order chi connectivity index (χ0) is 39.9. The molecule has 0 heterocycles. The van der Waals surface area contributed by atoms with E-state index < -0.39 is 40.5 Å². The van der Waals surface area contributed by atoms with Crippen LogP contribution in [0.1, 0.15) is 161 Å². The largest absolute Gasteiger partial charge is 0.490 e. The fourth-order valence-electron chi connectivity index (χ4n) is 6.09. The van der Waals surface area contributed by atoms with Gasteiger partial charge in [0.05, 0.1) is 17.4 Å². The van der Waals surface area contributed by atoms with Gasteiger partial charge in [-0.2, -0.15) is 0 Å². The summed E-state index contributed by atoms with van der Waals surface area (Å²) in [6.07, 6.45) is 11.6. The molecule has 0 aliphatic carbocycles. The van der Waals surface area contributed by atoms with E-state index in [1.807, 2.05) is 40.7 Å². The molecule has 2 aromatic rings. The molecule has 2 aromatic carbocycles. The van der Waals surface area contributed by atoms with Crippen LogP contribution in [0.5, 0.6) is 17.2 Å². The van der Waals surface area contributed by atoms with Crippen molar-refractivity contribution < 1.29 is 38.5 Å². The number of aromatic carboxylic acids is 1. The summed E-state index contributed by atoms with van der Waals surface area (Å²) in [4.78, 5) is 50.6. The van der Waals surface area contributed by atoms with E-state index in [-0.39, 0.29) is 34.9 Å². The van der Waals surface area contributed by atoms with Crippen molar-refractivity contribution >= 4 is 40.9 Å². The monoisotopic (exact) mass is 757 g/mol. The van der Waals surface area contributed by atoms with Gasteiger partial charge in [0.25, 0.3) is 0 Å². The molecule has 2 unspecified atom stereocenters. The van der Waals surface area contributed by atoms with Gasteiger partial charge in [-0.05, 0) is 62.4 Å². The predicted molar refractivity (Wildman–Crippen MR) is 213 cm³/mol. The highest BCUT2D eigenvalue weighted by Crippen LogP contribution is 2.38. The fraction of sp³-hybridized carbons (Fsp3) is 0.628. The minimum atomic E-state index is -1.45. The standard InChI is InChI=1S/C43H64ClNO8/c1-11-12-13-14-15-16-17-18-19-20-21-30(53-31-22-25-36(52-29(4)46)34(27-31)42(5,6)7)26-33-32(41(49)50)23-24-35(38(33)51-28(2)3)45-40(48)37(44)39(47)43(8,9)10/h22-25,27-28,30,37H,11-21,26H2,1-10H3,(H,45,48)(H,49,50). The van der Waals surface area contributed by atoms with Gasteiger partial charge in [-0.25, -0.2) is 4.79 Å². The van der Waals surface area contributed by atoms with Gasteiger partial charge in [-0.1, -0.05) is 106 Å². The van der Waals surface area contributed by atoms with Crippen LogP contribution in [0.15, 0.2) is 30.3 Å². The average molecular weight is 758 g/mol. The Morgan fingerprint density at radius 3 is 1.92 bits per heavy atom. The van der Waals surface area contributed by atoms with Crippen molar-refractivity contribution in [3.8, 4) is 17.2 Å². The lowest BCUT2D eigenvalue weighted by atomic mass is 9.86. The fourth-order valence-corrected chi connectivity index (χ4v) is 6.47. The molecule has 0 bridgehead atoms. The Morgan fingerprint density at radius 1 is 0.830 bits per heavy atom. The number of esters is 1. The van der Waals surface area contributed by atoms with E-state index in [9.17, 15) is 24.3 Å². The summed E-state index contributed by atoms with van der Waals surface area (Å²) in [6, 6.07) is 8.25. The summed E-state index contributed by atoms with van der Waals surface area (Å²) in [7, 11) is 0. The Labute approximate surface area is 322 Å². The normalized spacial score (nSPS) is 13.0. The van der Waals surface area contributed by atoms with Crippen LogP contribution in [0, 0.1) is 5.41 Å². The number of carbonyl (C=O) groups is 4. The summed E-state index contributed by atoms with van der Waals surface area (Å²) in [6.45, 7) is 18.3. The van der Waals surface area contributed by atoms with Crippen molar-refractivity contribution in [3.63, 3.8) is 0 Å². The van der Waals surface area contributed by atoms with E-state index in [0.717, 1.165) is 24.8 Å². The molecule has 2 rings (SSSR count). The molecule has 0 radical (unpaired) electrons. The van der Waals surface area contributed by atoms with Crippen molar-refractivity contribution in [1.29, 1.82) is 0 Å². The lowest BCUT2D eigenvalue weighted by Gasteiger charge is -2.27. The summed E-state index contributed by atoms with van der Waals surface area (Å²) in [5.74, 6) is -1.53. The lowest BCUT2D eigenvalue weighted by molar-refractivity contribution is -0.132. The molecule has 53 heavy (non-hydrogen) atoms. The van der Waals surface area contributed by atoms with Crippen molar-refractivity contribution in [2.45, 2.75) is 169 Å². The maximum atomic E-state index is 13.3. The van der Waals surface area contributed by atoms with Crippen LogP contribution in [0.25, 0.3) is 0 Å². The number of halogens is 1. The first-order valence-corrected chi connectivity index (χ1v) is 19.7. The van der Waals surface area contributed by atoms with E-state index in [4.69, 9.17) is 25.8 Å². The highest BCUT2D eigenvalue weighted by Gasteiger charge is 2.34. The second-order valence-corrected chi connectivity index (χ2v) is 16.8. The van der Waals surface area contributed by atoms with E-state index in [2.05, 4.69) is 12.2 Å². The van der Waals surface area contributed by atoms with Crippen LogP contribution >= 0.6 is 11.6 Å². The molecule has 10 heteroatoms. The third kappa shape index (κ3) is 15.4. The summed E-state index contributed by atoms with van der Waals surface area (Å²) in [5.41, 5.74) is 0.178. The molecule has 1 amide bonds. The number of alkyl halides is 1. The molecule has 0 saturated heterocycles. The molecule has 0 spiro atoms. The maximum Gasteiger partial charge on any atom is 0.336 e. The molecule has 0 aromatic heterocycles. The molecule has 0 aliphatic rings. The smallest absolute Gasteiger partial charge is 0.336 e. The number of unbranched alkanes of at least 4 members (excludes halogenated alkanes) is 9. The van der Waals surface area contributed by atoms with Crippen LogP contribution in [-0.4, -0.2) is 46.3 Å². The molecule has 0 fully saturated rings. The second-order valence-electron chi connectivity index (χ2n) is 16.3. The Balaban J connectivity index is 2.52. The second kappa shape index (κ2) is 21.3. The third-order valence-corrected chi connectivity index (χ3v) is 9.33. The number of benzene rings is 2. The summed E-state index contributed by atoms with van der Waals surface area (Å²) >= 11 is 6.34. The number of hydrogen-bond donors (Lipinski definition) is 2. The lowest BCUT2D eigenvalue weighted by Crippen LogP contribution is -2.37. The SMILES string of the molecule is CCCCCCCCCCCCC(Cc1c(C(=O)O)ccc(NC(=O)C(Cl)C(=O)C(C)(C)C)c1OC(C)C)Oc1ccc(OC(C)=O)c(C(C)(C)C)c1. The molecule has 0 saturated carbocycles. The number of amides is 1. The van der Waals surface area contributed by atoms with E-state index in [0.29, 0.717) is 23.5 Å². The van der Waals surface area contributed by atoms with Crippen LogP contribution in [0.3, 0.4) is 0 Å². The highest BCUT2D eigenvalue weighted by molar-refractivity contribution is 6.43. The predicted octanol–water partition coefficient (Wildman–Crippen LogP) is 10.9. The van der Waals surface area contributed by atoms with Gasteiger partial charge in [0, 0.05) is 29.9 Å². The maximum absolute atomic E-state index is 13.3. The van der Waals surface area contributed by atoms with Crippen LogP contribution in [-0.2, 0) is 26.2 Å².